The van der Waals surface area contributed by atoms with E-state index < -0.39 is 31.6 Å². The Hall–Kier alpha value is -3.00. The second kappa shape index (κ2) is 13.8. The number of nitrogens with zero attached hydrogens (tertiary/aromatic N) is 2. The Kier molecular flexibility index (Phi) is 10.9. The van der Waals surface area contributed by atoms with E-state index in [2.05, 4.69) is 9.71 Å². The lowest BCUT2D eigenvalue weighted by molar-refractivity contribution is -0.134. The molecule has 41 heavy (non-hydrogen) atoms. The highest BCUT2D eigenvalue weighted by Gasteiger charge is 2.32. The van der Waals surface area contributed by atoms with Crippen LogP contribution in [0.15, 0.2) is 64.5 Å². The maximum absolute atomic E-state index is 13.6. The molecule has 1 aliphatic rings. The highest BCUT2D eigenvalue weighted by Crippen LogP contribution is 2.32. The SMILES string of the molecule is CC(C)(c1ccccc1)c1cccc(S(=O)(=O)NC(CCCN=C(N)N)C(=O)N2CCC(CCS(=O)(=O)O)CC2)c1. The molecule has 1 amide bonds. The minimum Gasteiger partial charge on any atom is -0.370 e. The monoisotopic (exact) mass is 607 g/mol. The van der Waals surface area contributed by atoms with Crippen molar-refractivity contribution in [2.24, 2.45) is 22.4 Å². The number of aliphatic imine (C=N–C) groups is 1. The van der Waals surface area contributed by atoms with Crippen LogP contribution in [0, 0.1) is 5.92 Å². The fraction of sp³-hybridized carbons (Fsp3) is 0.500. The topological polar surface area (TPSA) is 185 Å². The highest BCUT2D eigenvalue weighted by atomic mass is 32.2. The minimum atomic E-state index is -4.07. The first-order chi connectivity index (χ1) is 19.2. The molecule has 1 atom stereocenters. The molecule has 1 saturated heterocycles. The zero-order valence-corrected chi connectivity index (χ0v) is 25.2. The van der Waals surface area contributed by atoms with Gasteiger partial charge in [0.1, 0.15) is 6.04 Å². The first-order valence-electron chi connectivity index (χ1n) is 13.7. The van der Waals surface area contributed by atoms with Crippen molar-refractivity contribution in [1.29, 1.82) is 0 Å². The van der Waals surface area contributed by atoms with Crippen molar-refractivity contribution in [2.75, 3.05) is 25.4 Å². The van der Waals surface area contributed by atoms with Crippen molar-refractivity contribution in [3.8, 4) is 0 Å². The number of rotatable bonds is 13. The maximum Gasteiger partial charge on any atom is 0.264 e. The lowest BCUT2D eigenvalue weighted by Gasteiger charge is -2.34. The van der Waals surface area contributed by atoms with Crippen molar-refractivity contribution in [3.63, 3.8) is 0 Å². The van der Waals surface area contributed by atoms with Gasteiger partial charge in [0.25, 0.3) is 10.1 Å². The molecule has 11 nitrogen and oxygen atoms in total. The van der Waals surface area contributed by atoms with E-state index in [-0.39, 0.29) is 41.4 Å². The second-order valence-electron chi connectivity index (χ2n) is 11.0. The molecular weight excluding hydrogens is 566 g/mol. The van der Waals surface area contributed by atoms with Crippen molar-refractivity contribution < 1.29 is 26.2 Å². The number of piperidine rings is 1. The van der Waals surface area contributed by atoms with E-state index in [1.54, 1.807) is 17.0 Å². The molecule has 0 bridgehead atoms. The van der Waals surface area contributed by atoms with Crippen LogP contribution < -0.4 is 16.2 Å². The molecule has 1 heterocycles. The average molecular weight is 608 g/mol. The molecule has 1 aliphatic heterocycles. The number of amides is 1. The minimum absolute atomic E-state index is 0.0497. The van der Waals surface area contributed by atoms with Crippen LogP contribution in [0.4, 0.5) is 0 Å². The van der Waals surface area contributed by atoms with Gasteiger partial charge in [-0.1, -0.05) is 56.3 Å². The van der Waals surface area contributed by atoms with E-state index in [1.807, 2.05) is 50.2 Å². The van der Waals surface area contributed by atoms with Crippen LogP contribution >= 0.6 is 0 Å². The molecule has 1 fully saturated rings. The van der Waals surface area contributed by atoms with E-state index in [4.69, 9.17) is 16.0 Å². The van der Waals surface area contributed by atoms with Gasteiger partial charge in [-0.15, -0.1) is 0 Å². The lowest BCUT2D eigenvalue weighted by Crippen LogP contribution is -2.50. The van der Waals surface area contributed by atoms with E-state index in [0.29, 0.717) is 38.8 Å². The third kappa shape index (κ3) is 9.52. The van der Waals surface area contributed by atoms with Crippen LogP contribution in [0.5, 0.6) is 0 Å². The fourth-order valence-electron chi connectivity index (χ4n) is 5.04. The van der Waals surface area contributed by atoms with Crippen LogP contribution in [0.2, 0.25) is 0 Å². The number of carbonyl (C=O) groups excluding carboxylic acids is 1. The smallest absolute Gasteiger partial charge is 0.264 e. The molecule has 0 aromatic heterocycles. The Balaban J connectivity index is 1.78. The Morgan fingerprint density at radius 3 is 2.29 bits per heavy atom. The number of benzene rings is 2. The summed E-state index contributed by atoms with van der Waals surface area (Å²) in [6.07, 6.45) is 2.00. The Bertz CT molecular complexity index is 1420. The number of hydrogen-bond acceptors (Lipinski definition) is 6. The average Bonchev–Trinajstić information content (AvgIpc) is 2.93. The summed E-state index contributed by atoms with van der Waals surface area (Å²) in [7, 11) is -8.12. The lowest BCUT2D eigenvalue weighted by atomic mass is 9.78. The van der Waals surface area contributed by atoms with Gasteiger partial charge < -0.3 is 16.4 Å². The summed E-state index contributed by atoms with van der Waals surface area (Å²) < 4.78 is 61.0. The van der Waals surface area contributed by atoms with Crippen molar-refractivity contribution in [2.45, 2.75) is 62.3 Å². The zero-order chi connectivity index (χ0) is 30.3. The molecule has 2 aromatic rings. The quantitative estimate of drug-likeness (QED) is 0.116. The van der Waals surface area contributed by atoms with Gasteiger partial charge in [0, 0.05) is 25.0 Å². The van der Waals surface area contributed by atoms with Crippen LogP contribution in [0.3, 0.4) is 0 Å². The fourth-order valence-corrected chi connectivity index (χ4v) is 6.94. The molecule has 1 unspecified atom stereocenters. The molecule has 0 radical (unpaired) electrons. The summed E-state index contributed by atoms with van der Waals surface area (Å²) in [6.45, 7) is 5.02. The van der Waals surface area contributed by atoms with Crippen molar-refractivity contribution >= 4 is 32.0 Å². The third-order valence-electron chi connectivity index (χ3n) is 7.61. The molecule has 0 spiro atoms. The van der Waals surface area contributed by atoms with Gasteiger partial charge in [-0.3, -0.25) is 14.3 Å². The zero-order valence-electron chi connectivity index (χ0n) is 23.6. The highest BCUT2D eigenvalue weighted by molar-refractivity contribution is 7.89. The molecule has 13 heteroatoms. The van der Waals surface area contributed by atoms with E-state index >= 15 is 0 Å². The standard InChI is InChI=1S/C28H41N5O6S2/c1-28(2,22-8-4-3-5-9-22)23-10-6-11-24(20-23)41(38,39)32-25(12-7-16-31-27(29)30)26(34)33-17-13-21(14-18-33)15-19-40(35,36)37/h3-6,8-11,20-21,25,32H,7,12-19H2,1-2H3,(H4,29,30,31)(H,35,36,37). The summed E-state index contributed by atoms with van der Waals surface area (Å²) in [6, 6.07) is 15.5. The summed E-state index contributed by atoms with van der Waals surface area (Å²) in [4.78, 5) is 19.2. The van der Waals surface area contributed by atoms with Crippen LogP contribution in [-0.4, -0.2) is 69.6 Å². The number of nitrogens with two attached hydrogens (primary N) is 2. The first-order valence-corrected chi connectivity index (χ1v) is 16.8. The van der Waals surface area contributed by atoms with Gasteiger partial charge in [-0.25, -0.2) is 8.42 Å². The number of hydrogen-bond donors (Lipinski definition) is 4. The van der Waals surface area contributed by atoms with Gasteiger partial charge in [0.05, 0.1) is 10.6 Å². The molecule has 2 aromatic carbocycles. The summed E-state index contributed by atoms with van der Waals surface area (Å²) in [5.41, 5.74) is 12.2. The summed E-state index contributed by atoms with van der Waals surface area (Å²) in [5.74, 6) is -0.710. The van der Waals surface area contributed by atoms with E-state index in [1.165, 1.54) is 6.07 Å². The Morgan fingerprint density at radius 2 is 1.68 bits per heavy atom. The molecular formula is C28H41N5O6S2. The van der Waals surface area contributed by atoms with E-state index in [9.17, 15) is 21.6 Å². The number of likely N-dealkylation sites (tertiary alicyclic amines) is 1. The Morgan fingerprint density at radius 1 is 1.05 bits per heavy atom. The summed E-state index contributed by atoms with van der Waals surface area (Å²) >= 11 is 0. The van der Waals surface area contributed by atoms with Gasteiger partial charge in [0.2, 0.25) is 15.9 Å². The second-order valence-corrected chi connectivity index (χ2v) is 14.3. The first kappa shape index (κ1) is 32.5. The predicted octanol–water partition coefficient (Wildman–Crippen LogP) is 2.23. The van der Waals surface area contributed by atoms with Crippen molar-refractivity contribution in [1.82, 2.24) is 9.62 Å². The molecule has 226 valence electrons. The number of carbonyl (C=O) groups is 1. The number of sulfonamides is 1. The maximum atomic E-state index is 13.6. The van der Waals surface area contributed by atoms with Crippen LogP contribution in [0.25, 0.3) is 0 Å². The normalized spacial score (nSPS) is 15.8. The summed E-state index contributed by atoms with van der Waals surface area (Å²) in [5, 5.41) is 0. The molecule has 6 N–H and O–H groups in total. The van der Waals surface area contributed by atoms with E-state index in [0.717, 1.165) is 11.1 Å². The molecule has 3 rings (SSSR count). The van der Waals surface area contributed by atoms with Crippen LogP contribution in [-0.2, 0) is 30.4 Å². The van der Waals surface area contributed by atoms with Gasteiger partial charge in [-0.2, -0.15) is 13.1 Å². The van der Waals surface area contributed by atoms with Crippen molar-refractivity contribution in [3.05, 3.63) is 65.7 Å². The largest absolute Gasteiger partial charge is 0.370 e. The molecule has 0 aliphatic carbocycles. The molecule has 0 saturated carbocycles. The number of nitrogens with one attached hydrogen (secondary N) is 1. The van der Waals surface area contributed by atoms with Crippen LogP contribution in [0.1, 0.15) is 57.1 Å². The Labute approximate surface area is 243 Å². The number of guanidine groups is 1. The predicted molar refractivity (Wildman–Crippen MR) is 159 cm³/mol. The van der Waals surface area contributed by atoms with Gasteiger partial charge in [0.15, 0.2) is 5.96 Å². The van der Waals surface area contributed by atoms with Gasteiger partial charge >= 0.3 is 0 Å². The third-order valence-corrected chi connectivity index (χ3v) is 9.83. The van der Waals surface area contributed by atoms with Gasteiger partial charge in [-0.05, 0) is 61.3 Å².